The fraction of sp³-hybridized carbons (Fsp3) is 0.562. The molecule has 114 valence electrons. The van der Waals surface area contributed by atoms with Crippen LogP contribution in [-0.4, -0.2) is 53.1 Å². The van der Waals surface area contributed by atoms with Gasteiger partial charge in [0.2, 0.25) is 0 Å². The van der Waals surface area contributed by atoms with E-state index in [1.165, 1.54) is 9.94 Å². The maximum Gasteiger partial charge on any atom is 0.124 e. The van der Waals surface area contributed by atoms with Crippen LogP contribution in [0.4, 0.5) is 0 Å². The quantitative estimate of drug-likeness (QED) is 0.850. The number of aliphatic imine (C=N–C) groups is 1. The molecule has 21 heavy (non-hydrogen) atoms. The van der Waals surface area contributed by atoms with Crippen molar-refractivity contribution in [3.63, 3.8) is 0 Å². The molecule has 0 bridgehead atoms. The second-order valence-corrected chi connectivity index (χ2v) is 7.72. The maximum atomic E-state index is 6.00. The summed E-state index contributed by atoms with van der Waals surface area (Å²) in [5, 5.41) is 0. The molecule has 0 aliphatic carbocycles. The van der Waals surface area contributed by atoms with Gasteiger partial charge in [0.05, 0.1) is 12.6 Å². The fourth-order valence-corrected chi connectivity index (χ4v) is 4.66. The number of ether oxygens (including phenoxy) is 1. The van der Waals surface area contributed by atoms with E-state index in [1.807, 2.05) is 23.5 Å². The molecular weight excluding hydrogens is 300 g/mol. The van der Waals surface area contributed by atoms with Crippen molar-refractivity contribution in [1.29, 1.82) is 0 Å². The third-order valence-electron chi connectivity index (χ3n) is 3.63. The zero-order valence-corrected chi connectivity index (χ0v) is 13.9. The van der Waals surface area contributed by atoms with Crippen LogP contribution in [0.25, 0.3) is 0 Å². The average molecular weight is 322 g/mol. The van der Waals surface area contributed by atoms with Crippen LogP contribution in [0, 0.1) is 0 Å². The summed E-state index contributed by atoms with van der Waals surface area (Å²) in [5.41, 5.74) is 1.39. The Hall–Kier alpha value is -0.490. The summed E-state index contributed by atoms with van der Waals surface area (Å²) in [4.78, 5) is 7.03. The van der Waals surface area contributed by atoms with E-state index in [1.54, 1.807) is 0 Å². The minimum Gasteiger partial charge on any atom is -0.376 e. The van der Waals surface area contributed by atoms with Crippen LogP contribution in [0.3, 0.4) is 0 Å². The summed E-state index contributed by atoms with van der Waals surface area (Å²) in [6.07, 6.45) is 1.45. The Morgan fingerprint density at radius 1 is 1.33 bits per heavy atom. The maximum absolute atomic E-state index is 6.00. The predicted molar refractivity (Wildman–Crippen MR) is 93.3 cm³/mol. The first-order valence-electron chi connectivity index (χ1n) is 7.58. The van der Waals surface area contributed by atoms with Crippen LogP contribution < -0.4 is 0 Å². The summed E-state index contributed by atoms with van der Waals surface area (Å²) >= 11 is 3.75. The van der Waals surface area contributed by atoms with E-state index in [9.17, 15) is 0 Å². The van der Waals surface area contributed by atoms with Crippen LogP contribution in [-0.2, 0) is 11.3 Å². The van der Waals surface area contributed by atoms with Crippen molar-refractivity contribution in [2.24, 2.45) is 4.99 Å². The Kier molecular flexibility index (Phi) is 6.03. The highest BCUT2D eigenvalue weighted by Gasteiger charge is 2.20. The van der Waals surface area contributed by atoms with Crippen molar-refractivity contribution in [3.05, 3.63) is 35.9 Å². The standard InChI is InChI=1S/C16H22N2OS2/c1-2-5-14(6-3-1)11-18-8-4-9-19-15(12-18)13-21-16-17-7-10-20-16/h1-3,5-6,15H,4,7-13H2/t15-/m0/s1. The van der Waals surface area contributed by atoms with Gasteiger partial charge >= 0.3 is 0 Å². The van der Waals surface area contributed by atoms with Gasteiger partial charge in [-0.15, -0.1) is 0 Å². The van der Waals surface area contributed by atoms with E-state index >= 15 is 0 Å². The topological polar surface area (TPSA) is 24.8 Å². The third kappa shape index (κ3) is 5.02. The highest BCUT2D eigenvalue weighted by Crippen LogP contribution is 2.24. The van der Waals surface area contributed by atoms with Gasteiger partial charge in [-0.1, -0.05) is 53.9 Å². The Balaban J connectivity index is 1.50. The van der Waals surface area contributed by atoms with Gasteiger partial charge in [0, 0.05) is 37.7 Å². The lowest BCUT2D eigenvalue weighted by Crippen LogP contribution is -2.32. The molecule has 0 amide bonds. The SMILES string of the molecule is c1ccc(CN2CCCO[C@H](CSC3=NCCS3)C2)cc1. The van der Waals surface area contributed by atoms with Gasteiger partial charge in [0.15, 0.2) is 0 Å². The molecule has 1 fully saturated rings. The Morgan fingerprint density at radius 3 is 3.05 bits per heavy atom. The molecule has 0 radical (unpaired) electrons. The Bertz CT molecular complexity index is 467. The molecule has 3 rings (SSSR count). The average Bonchev–Trinajstić information content (AvgIpc) is 2.93. The highest BCUT2D eigenvalue weighted by atomic mass is 32.2. The normalized spacial score (nSPS) is 23.8. The minimum atomic E-state index is 0.324. The molecule has 2 aliphatic heterocycles. The summed E-state index contributed by atoms with van der Waals surface area (Å²) in [6.45, 7) is 5.06. The van der Waals surface area contributed by atoms with Crippen LogP contribution >= 0.6 is 23.5 Å². The lowest BCUT2D eigenvalue weighted by atomic mass is 10.2. The molecule has 0 spiro atoms. The molecule has 1 atom stereocenters. The van der Waals surface area contributed by atoms with Crippen molar-refractivity contribution in [3.8, 4) is 0 Å². The number of rotatable bonds is 4. The first-order valence-corrected chi connectivity index (χ1v) is 9.55. The van der Waals surface area contributed by atoms with Crippen molar-refractivity contribution in [2.75, 3.05) is 37.7 Å². The summed E-state index contributed by atoms with van der Waals surface area (Å²) in [6, 6.07) is 10.7. The smallest absolute Gasteiger partial charge is 0.124 e. The van der Waals surface area contributed by atoms with E-state index in [2.05, 4.69) is 40.2 Å². The zero-order valence-electron chi connectivity index (χ0n) is 12.2. The molecule has 1 aromatic carbocycles. The summed E-state index contributed by atoms with van der Waals surface area (Å²) in [5.74, 6) is 2.17. The van der Waals surface area contributed by atoms with Gasteiger partial charge in [-0.05, 0) is 12.0 Å². The van der Waals surface area contributed by atoms with Gasteiger partial charge < -0.3 is 4.74 Å². The van der Waals surface area contributed by atoms with Crippen LogP contribution in [0.2, 0.25) is 0 Å². The molecule has 2 aliphatic rings. The lowest BCUT2D eigenvalue weighted by molar-refractivity contribution is 0.0702. The molecule has 1 saturated heterocycles. The van der Waals surface area contributed by atoms with E-state index in [-0.39, 0.29) is 0 Å². The molecule has 3 nitrogen and oxygen atoms in total. The van der Waals surface area contributed by atoms with Crippen molar-refractivity contribution >= 4 is 27.9 Å². The molecule has 0 unspecified atom stereocenters. The predicted octanol–water partition coefficient (Wildman–Crippen LogP) is 3.11. The zero-order chi connectivity index (χ0) is 14.3. The molecule has 0 N–H and O–H groups in total. The largest absolute Gasteiger partial charge is 0.376 e. The Morgan fingerprint density at radius 2 is 2.24 bits per heavy atom. The third-order valence-corrected chi connectivity index (χ3v) is 6.02. The van der Waals surface area contributed by atoms with Gasteiger partial charge in [0.25, 0.3) is 0 Å². The molecule has 5 heteroatoms. The van der Waals surface area contributed by atoms with Crippen molar-refractivity contribution in [2.45, 2.75) is 19.1 Å². The molecule has 1 aromatic rings. The first-order chi connectivity index (χ1) is 10.4. The van der Waals surface area contributed by atoms with E-state index < -0.39 is 0 Å². The minimum absolute atomic E-state index is 0.324. The van der Waals surface area contributed by atoms with E-state index in [0.29, 0.717) is 6.10 Å². The van der Waals surface area contributed by atoms with Gasteiger partial charge in [-0.2, -0.15) is 0 Å². The van der Waals surface area contributed by atoms with Gasteiger partial charge in [-0.25, -0.2) is 0 Å². The fourth-order valence-electron chi connectivity index (χ4n) is 2.62. The van der Waals surface area contributed by atoms with Crippen LogP contribution in [0.5, 0.6) is 0 Å². The van der Waals surface area contributed by atoms with Crippen molar-refractivity contribution < 1.29 is 4.74 Å². The van der Waals surface area contributed by atoms with Gasteiger partial charge in [-0.3, -0.25) is 9.89 Å². The first kappa shape index (κ1) is 15.4. The summed E-state index contributed by atoms with van der Waals surface area (Å²) < 4.78 is 7.25. The molecule has 0 aromatic heterocycles. The van der Waals surface area contributed by atoms with Crippen LogP contribution in [0.15, 0.2) is 35.3 Å². The lowest BCUT2D eigenvalue weighted by Gasteiger charge is -2.23. The van der Waals surface area contributed by atoms with Gasteiger partial charge in [0.1, 0.15) is 4.38 Å². The number of benzene rings is 1. The van der Waals surface area contributed by atoms with E-state index in [0.717, 1.165) is 50.7 Å². The molecule has 0 saturated carbocycles. The number of hydrogen-bond acceptors (Lipinski definition) is 5. The van der Waals surface area contributed by atoms with Crippen LogP contribution in [0.1, 0.15) is 12.0 Å². The molecule has 2 heterocycles. The number of hydrogen-bond donors (Lipinski definition) is 0. The number of nitrogens with zero attached hydrogens (tertiary/aromatic N) is 2. The monoisotopic (exact) mass is 322 g/mol. The second-order valence-electron chi connectivity index (χ2n) is 5.37. The van der Waals surface area contributed by atoms with E-state index in [4.69, 9.17) is 4.74 Å². The second kappa shape index (κ2) is 8.22. The van der Waals surface area contributed by atoms with Crippen molar-refractivity contribution in [1.82, 2.24) is 4.90 Å². The number of thioether (sulfide) groups is 2. The Labute approximate surface area is 135 Å². The highest BCUT2D eigenvalue weighted by molar-refractivity contribution is 8.39. The summed E-state index contributed by atoms with van der Waals surface area (Å²) in [7, 11) is 0. The molecular formula is C16H22N2OS2.